The van der Waals surface area contributed by atoms with Gasteiger partial charge in [0.1, 0.15) is 6.04 Å². The van der Waals surface area contributed by atoms with Gasteiger partial charge in [-0.3, -0.25) is 14.4 Å². The third-order valence-corrected chi connectivity index (χ3v) is 10.8. The third kappa shape index (κ3) is 7.46. The lowest BCUT2D eigenvalue weighted by molar-refractivity contribution is -0.145. The van der Waals surface area contributed by atoms with Gasteiger partial charge in [-0.15, -0.1) is 0 Å². The van der Waals surface area contributed by atoms with Gasteiger partial charge in [-0.2, -0.15) is 5.10 Å². The van der Waals surface area contributed by atoms with E-state index in [1.807, 2.05) is 0 Å². The third-order valence-electron chi connectivity index (χ3n) is 10.8. The van der Waals surface area contributed by atoms with Crippen LogP contribution in [0.1, 0.15) is 99.1 Å². The molecule has 236 valence electrons. The summed E-state index contributed by atoms with van der Waals surface area (Å²) in [6.07, 6.45) is 11.3. The van der Waals surface area contributed by atoms with Gasteiger partial charge < -0.3 is 10.0 Å². The Kier molecular flexibility index (Phi) is 10.5. The SMILES string of the molecule is CCCCn1nc(Cc2ccccc2)cc1C1CCN(C[C@H]2CN([C@@H](C(=O)O)C3CCCCC3)C[C@@H]2c2ccccc2)CC1. The standard InChI is InChI=1S/C38H52N4O2/c1-2-3-21-42-36(25-34(39-42)24-29-13-7-4-8-14-29)31-19-22-40(23-20-31)26-33-27-41(28-35(33)30-15-9-5-10-16-30)37(38(43)44)32-17-11-6-12-18-32/h4-5,7-10,13-16,25,31-33,35,37H,2-3,6,11-12,17-24,26-28H2,1H3,(H,43,44)/t33-,35+,37+/m0/s1. The quantitative estimate of drug-likeness (QED) is 0.240. The summed E-state index contributed by atoms with van der Waals surface area (Å²) < 4.78 is 2.32. The largest absolute Gasteiger partial charge is 0.480 e. The van der Waals surface area contributed by atoms with Crippen LogP contribution in [0.15, 0.2) is 66.7 Å². The molecular formula is C38H52N4O2. The molecule has 6 rings (SSSR count). The van der Waals surface area contributed by atoms with E-state index in [0.717, 1.165) is 77.8 Å². The van der Waals surface area contributed by atoms with Crippen LogP contribution in [-0.2, 0) is 17.8 Å². The molecule has 0 spiro atoms. The second-order valence-electron chi connectivity index (χ2n) is 13.8. The molecule has 1 saturated carbocycles. The first-order valence-electron chi connectivity index (χ1n) is 17.4. The Hall–Kier alpha value is -2.96. The number of unbranched alkanes of at least 4 members (excludes halogenated alkanes) is 1. The number of piperidine rings is 1. The Bertz CT molecular complexity index is 1310. The van der Waals surface area contributed by atoms with Crippen LogP contribution < -0.4 is 0 Å². The highest BCUT2D eigenvalue weighted by Gasteiger charge is 2.43. The Labute approximate surface area is 264 Å². The molecule has 1 aromatic heterocycles. The lowest BCUT2D eigenvalue weighted by Crippen LogP contribution is -2.46. The predicted molar refractivity (Wildman–Crippen MR) is 177 cm³/mol. The first kappa shape index (κ1) is 31.0. The fraction of sp³-hybridized carbons (Fsp3) is 0.579. The minimum Gasteiger partial charge on any atom is -0.480 e. The van der Waals surface area contributed by atoms with E-state index in [9.17, 15) is 9.90 Å². The lowest BCUT2D eigenvalue weighted by atomic mass is 9.83. The number of carbonyl (C=O) groups is 1. The number of carboxylic acid groups (broad SMARTS) is 1. The van der Waals surface area contributed by atoms with Crippen LogP contribution in [0.2, 0.25) is 0 Å². The molecule has 3 atom stereocenters. The molecule has 44 heavy (non-hydrogen) atoms. The molecule has 6 heteroatoms. The van der Waals surface area contributed by atoms with Gasteiger partial charge in [0.05, 0.1) is 5.69 Å². The van der Waals surface area contributed by atoms with Gasteiger partial charge in [0.2, 0.25) is 0 Å². The molecule has 0 radical (unpaired) electrons. The number of nitrogens with zero attached hydrogens (tertiary/aromatic N) is 4. The minimum absolute atomic E-state index is 0.288. The van der Waals surface area contributed by atoms with Crippen LogP contribution in [-0.4, -0.2) is 69.4 Å². The monoisotopic (exact) mass is 596 g/mol. The van der Waals surface area contributed by atoms with Crippen molar-refractivity contribution in [2.24, 2.45) is 11.8 Å². The highest BCUT2D eigenvalue weighted by Crippen LogP contribution is 2.39. The molecule has 2 saturated heterocycles. The van der Waals surface area contributed by atoms with Crippen molar-refractivity contribution in [1.82, 2.24) is 19.6 Å². The number of aliphatic carboxylic acids is 1. The number of carboxylic acids is 1. The van der Waals surface area contributed by atoms with Gasteiger partial charge in [-0.05, 0) is 74.2 Å². The van der Waals surface area contributed by atoms with Crippen LogP contribution in [0, 0.1) is 11.8 Å². The number of aryl methyl sites for hydroxylation is 1. The van der Waals surface area contributed by atoms with Gasteiger partial charge in [0, 0.05) is 50.1 Å². The van der Waals surface area contributed by atoms with Crippen LogP contribution in [0.3, 0.4) is 0 Å². The van der Waals surface area contributed by atoms with Crippen molar-refractivity contribution in [2.45, 2.75) is 95.6 Å². The molecule has 3 aromatic rings. The highest BCUT2D eigenvalue weighted by molar-refractivity contribution is 5.74. The van der Waals surface area contributed by atoms with Crippen LogP contribution in [0.5, 0.6) is 0 Å². The normalized spacial score (nSPS) is 23.2. The molecule has 0 bridgehead atoms. The van der Waals surface area contributed by atoms with E-state index in [4.69, 9.17) is 5.10 Å². The average Bonchev–Trinajstić information content (AvgIpc) is 3.65. The van der Waals surface area contributed by atoms with Gasteiger partial charge in [0.25, 0.3) is 0 Å². The van der Waals surface area contributed by atoms with E-state index in [0.29, 0.717) is 17.8 Å². The van der Waals surface area contributed by atoms with Crippen LogP contribution >= 0.6 is 0 Å². The molecule has 3 fully saturated rings. The van der Waals surface area contributed by atoms with Crippen LogP contribution in [0.4, 0.5) is 0 Å². The topological polar surface area (TPSA) is 61.6 Å². The zero-order valence-electron chi connectivity index (χ0n) is 26.7. The summed E-state index contributed by atoms with van der Waals surface area (Å²) in [6.45, 7) is 8.25. The smallest absolute Gasteiger partial charge is 0.321 e. The molecule has 0 amide bonds. The van der Waals surface area contributed by atoms with Crippen molar-refractivity contribution in [3.63, 3.8) is 0 Å². The minimum atomic E-state index is -0.614. The summed E-state index contributed by atoms with van der Waals surface area (Å²) in [5, 5.41) is 15.5. The zero-order valence-corrected chi connectivity index (χ0v) is 26.7. The molecule has 6 nitrogen and oxygen atoms in total. The van der Waals surface area contributed by atoms with Gasteiger partial charge in [-0.25, -0.2) is 0 Å². The van der Waals surface area contributed by atoms with Gasteiger partial charge in [-0.1, -0.05) is 93.3 Å². The van der Waals surface area contributed by atoms with Crippen molar-refractivity contribution in [2.75, 3.05) is 32.7 Å². The first-order valence-corrected chi connectivity index (χ1v) is 17.4. The van der Waals surface area contributed by atoms with E-state index < -0.39 is 5.97 Å². The van der Waals surface area contributed by atoms with E-state index in [-0.39, 0.29) is 12.0 Å². The summed E-state index contributed by atoms with van der Waals surface area (Å²) in [6, 6.07) is 23.6. The first-order chi connectivity index (χ1) is 21.6. The zero-order chi connectivity index (χ0) is 30.3. The summed E-state index contributed by atoms with van der Waals surface area (Å²) in [5.74, 6) is 1.06. The number of aromatic nitrogens is 2. The number of benzene rings is 2. The Morgan fingerprint density at radius 1 is 0.932 bits per heavy atom. The van der Waals surface area contributed by atoms with Crippen molar-refractivity contribution in [3.05, 3.63) is 89.2 Å². The van der Waals surface area contributed by atoms with E-state index in [1.165, 1.54) is 48.2 Å². The summed E-state index contributed by atoms with van der Waals surface area (Å²) in [5.41, 5.74) is 5.30. The molecule has 0 unspecified atom stereocenters. The van der Waals surface area contributed by atoms with Crippen molar-refractivity contribution in [3.8, 4) is 0 Å². The second kappa shape index (κ2) is 14.9. The molecule has 3 heterocycles. The second-order valence-corrected chi connectivity index (χ2v) is 13.8. The van der Waals surface area contributed by atoms with Gasteiger partial charge >= 0.3 is 5.97 Å². The van der Waals surface area contributed by atoms with Crippen molar-refractivity contribution in [1.29, 1.82) is 0 Å². The average molecular weight is 597 g/mol. The maximum atomic E-state index is 12.6. The van der Waals surface area contributed by atoms with E-state index >= 15 is 0 Å². The maximum absolute atomic E-state index is 12.6. The molecule has 2 aromatic carbocycles. The molecule has 2 aliphatic heterocycles. The van der Waals surface area contributed by atoms with Gasteiger partial charge in [0.15, 0.2) is 0 Å². The Morgan fingerprint density at radius 3 is 2.32 bits per heavy atom. The molecule has 1 N–H and O–H groups in total. The summed E-state index contributed by atoms with van der Waals surface area (Å²) >= 11 is 0. The number of rotatable bonds is 12. The number of hydrogen-bond donors (Lipinski definition) is 1. The fourth-order valence-corrected chi connectivity index (χ4v) is 8.44. The van der Waals surface area contributed by atoms with Crippen LogP contribution in [0.25, 0.3) is 0 Å². The predicted octanol–water partition coefficient (Wildman–Crippen LogP) is 7.20. The Morgan fingerprint density at radius 2 is 1.64 bits per heavy atom. The fourth-order valence-electron chi connectivity index (χ4n) is 8.44. The van der Waals surface area contributed by atoms with Crippen molar-refractivity contribution >= 4 is 5.97 Å². The van der Waals surface area contributed by atoms with E-state index in [1.54, 1.807) is 0 Å². The number of hydrogen-bond acceptors (Lipinski definition) is 4. The summed E-state index contributed by atoms with van der Waals surface area (Å²) in [7, 11) is 0. The lowest BCUT2D eigenvalue weighted by Gasteiger charge is -2.35. The molecular weight excluding hydrogens is 544 g/mol. The van der Waals surface area contributed by atoms with E-state index in [2.05, 4.69) is 88.1 Å². The highest BCUT2D eigenvalue weighted by atomic mass is 16.4. The maximum Gasteiger partial charge on any atom is 0.321 e. The molecule has 1 aliphatic carbocycles. The number of likely N-dealkylation sites (tertiary alicyclic amines) is 2. The molecule has 3 aliphatic rings. The van der Waals surface area contributed by atoms with Crippen molar-refractivity contribution < 1.29 is 9.90 Å². The summed E-state index contributed by atoms with van der Waals surface area (Å²) in [4.78, 5) is 17.7. The Balaban J connectivity index is 1.13.